The number of nitro benzene ring substituents is 1. The Labute approximate surface area is 169 Å². The smallest absolute Gasteiger partial charge is 0.410 e. The third-order valence-corrected chi connectivity index (χ3v) is 4.74. The van der Waals surface area contributed by atoms with Gasteiger partial charge in [0, 0.05) is 31.8 Å². The van der Waals surface area contributed by atoms with E-state index in [4.69, 9.17) is 16.3 Å². The van der Waals surface area contributed by atoms with Crippen molar-refractivity contribution in [2.75, 3.05) is 19.6 Å². The molecule has 0 radical (unpaired) electrons. The van der Waals surface area contributed by atoms with Gasteiger partial charge in [0.15, 0.2) is 0 Å². The lowest BCUT2D eigenvalue weighted by atomic mass is 9.95. The minimum Gasteiger partial charge on any atom is -0.444 e. The lowest BCUT2D eigenvalue weighted by Crippen LogP contribution is -2.43. The summed E-state index contributed by atoms with van der Waals surface area (Å²) < 4.78 is 5.42. The van der Waals surface area contributed by atoms with Gasteiger partial charge in [0.05, 0.1) is 15.5 Å². The number of ether oxygens (including phenoxy) is 1. The molecule has 2 amide bonds. The summed E-state index contributed by atoms with van der Waals surface area (Å²) in [5, 5.41) is 13.8. The maximum atomic E-state index is 12.3. The molecule has 1 aromatic rings. The Morgan fingerprint density at radius 3 is 2.75 bits per heavy atom. The van der Waals surface area contributed by atoms with Crippen LogP contribution in [-0.4, -0.2) is 47.1 Å². The molecule has 8 nitrogen and oxygen atoms in total. The van der Waals surface area contributed by atoms with Crippen LogP contribution in [0.25, 0.3) is 0 Å². The lowest BCUT2D eigenvalue weighted by molar-refractivity contribution is -0.384. The Balaban J connectivity index is 1.86. The zero-order chi connectivity index (χ0) is 20.9. The van der Waals surface area contributed by atoms with Gasteiger partial charge in [-0.1, -0.05) is 11.6 Å². The molecule has 1 aromatic carbocycles. The number of non-ortho nitro benzene ring substituents is 1. The van der Waals surface area contributed by atoms with Crippen LogP contribution in [0.1, 0.15) is 50.4 Å². The highest BCUT2D eigenvalue weighted by molar-refractivity contribution is 6.33. The molecule has 1 fully saturated rings. The van der Waals surface area contributed by atoms with Crippen LogP contribution in [0.5, 0.6) is 0 Å². The molecule has 9 heteroatoms. The van der Waals surface area contributed by atoms with Crippen LogP contribution in [0.2, 0.25) is 5.02 Å². The van der Waals surface area contributed by atoms with Gasteiger partial charge in [0.2, 0.25) is 0 Å². The number of amides is 2. The summed E-state index contributed by atoms with van der Waals surface area (Å²) in [4.78, 5) is 36.5. The van der Waals surface area contributed by atoms with Crippen molar-refractivity contribution in [3.8, 4) is 0 Å². The predicted molar refractivity (Wildman–Crippen MR) is 106 cm³/mol. The topological polar surface area (TPSA) is 102 Å². The number of nitrogens with zero attached hydrogens (tertiary/aromatic N) is 2. The van der Waals surface area contributed by atoms with Crippen LogP contribution < -0.4 is 5.32 Å². The average molecular weight is 412 g/mol. The molecule has 1 unspecified atom stereocenters. The first-order chi connectivity index (χ1) is 13.1. The summed E-state index contributed by atoms with van der Waals surface area (Å²) in [5.74, 6) is -0.198. The number of piperidine rings is 1. The van der Waals surface area contributed by atoms with Crippen LogP contribution >= 0.6 is 11.6 Å². The quantitative estimate of drug-likeness (QED) is 0.582. The Bertz CT molecular complexity index is 748. The van der Waals surface area contributed by atoms with E-state index in [1.54, 1.807) is 4.90 Å². The highest BCUT2D eigenvalue weighted by Gasteiger charge is 2.27. The van der Waals surface area contributed by atoms with Crippen molar-refractivity contribution in [1.82, 2.24) is 10.2 Å². The third-order valence-electron chi connectivity index (χ3n) is 4.41. The number of nitrogens with one attached hydrogen (secondary N) is 1. The average Bonchev–Trinajstić information content (AvgIpc) is 2.60. The maximum Gasteiger partial charge on any atom is 0.410 e. The first kappa shape index (κ1) is 21.9. The van der Waals surface area contributed by atoms with Gasteiger partial charge >= 0.3 is 6.09 Å². The van der Waals surface area contributed by atoms with E-state index in [1.807, 2.05) is 20.8 Å². The number of halogens is 1. The zero-order valence-electron chi connectivity index (χ0n) is 16.4. The summed E-state index contributed by atoms with van der Waals surface area (Å²) in [6.07, 6.45) is 2.23. The minimum atomic E-state index is -0.569. The molecule has 1 aliphatic heterocycles. The third kappa shape index (κ3) is 6.37. The fourth-order valence-corrected chi connectivity index (χ4v) is 3.28. The second-order valence-corrected chi connectivity index (χ2v) is 8.31. The highest BCUT2D eigenvalue weighted by Crippen LogP contribution is 2.23. The molecular formula is C19H26ClN3O5. The number of carbonyl (C=O) groups excluding carboxylic acids is 2. The molecule has 28 heavy (non-hydrogen) atoms. The van der Waals surface area contributed by atoms with Crippen LogP contribution in [0.3, 0.4) is 0 Å². The normalized spacial score (nSPS) is 17.1. The monoisotopic (exact) mass is 411 g/mol. The number of benzene rings is 1. The molecule has 0 bridgehead atoms. The standard InChI is InChI=1S/C19H26ClN3O5/c1-19(2,3)28-18(25)22-10-4-5-13(12-22)8-9-21-17(24)15-11-14(23(26)27)6-7-16(15)20/h6-7,11,13H,4-5,8-10,12H2,1-3H3,(H,21,24). The number of hydrogen-bond acceptors (Lipinski definition) is 5. The molecule has 1 aliphatic rings. The highest BCUT2D eigenvalue weighted by atomic mass is 35.5. The fraction of sp³-hybridized carbons (Fsp3) is 0.579. The van der Waals surface area contributed by atoms with E-state index in [9.17, 15) is 19.7 Å². The maximum absolute atomic E-state index is 12.3. The number of likely N-dealkylation sites (tertiary alicyclic amines) is 1. The first-order valence-electron chi connectivity index (χ1n) is 9.27. The molecule has 154 valence electrons. The Hall–Kier alpha value is -2.35. The number of hydrogen-bond donors (Lipinski definition) is 1. The van der Waals surface area contributed by atoms with E-state index >= 15 is 0 Å². The molecule has 1 heterocycles. The van der Waals surface area contributed by atoms with Crippen molar-refractivity contribution in [2.45, 2.75) is 45.6 Å². The SMILES string of the molecule is CC(C)(C)OC(=O)N1CCCC(CCNC(=O)c2cc([N+](=O)[O-])ccc2Cl)C1. The Morgan fingerprint density at radius 2 is 2.11 bits per heavy atom. The summed E-state index contributed by atoms with van der Waals surface area (Å²) in [6, 6.07) is 3.77. The van der Waals surface area contributed by atoms with E-state index in [-0.39, 0.29) is 28.3 Å². The van der Waals surface area contributed by atoms with Crippen molar-refractivity contribution < 1.29 is 19.2 Å². The molecule has 1 N–H and O–H groups in total. The number of nitro groups is 1. The summed E-state index contributed by atoms with van der Waals surface area (Å²) >= 11 is 5.99. The van der Waals surface area contributed by atoms with E-state index in [2.05, 4.69) is 5.32 Å². The van der Waals surface area contributed by atoms with Crippen LogP contribution in [0, 0.1) is 16.0 Å². The minimum absolute atomic E-state index is 0.0786. The summed E-state index contributed by atoms with van der Waals surface area (Å²) in [6.45, 7) is 7.15. The van der Waals surface area contributed by atoms with Gasteiger partial charge in [-0.15, -0.1) is 0 Å². The van der Waals surface area contributed by atoms with Crippen LogP contribution in [-0.2, 0) is 4.74 Å². The largest absolute Gasteiger partial charge is 0.444 e. The molecule has 1 saturated heterocycles. The molecular weight excluding hydrogens is 386 g/mol. The van der Waals surface area contributed by atoms with Crippen LogP contribution in [0.15, 0.2) is 18.2 Å². The van der Waals surface area contributed by atoms with Gasteiger partial charge < -0.3 is 15.0 Å². The molecule has 0 saturated carbocycles. The van der Waals surface area contributed by atoms with Crippen molar-refractivity contribution in [3.05, 3.63) is 38.9 Å². The van der Waals surface area contributed by atoms with E-state index < -0.39 is 16.4 Å². The van der Waals surface area contributed by atoms with Gasteiger partial charge in [0.25, 0.3) is 11.6 Å². The number of carbonyl (C=O) groups is 2. The van der Waals surface area contributed by atoms with Crippen molar-refractivity contribution in [3.63, 3.8) is 0 Å². The second-order valence-electron chi connectivity index (χ2n) is 7.90. The van der Waals surface area contributed by atoms with Gasteiger partial charge in [-0.05, 0) is 52.0 Å². The van der Waals surface area contributed by atoms with Gasteiger partial charge in [-0.25, -0.2) is 4.79 Å². The van der Waals surface area contributed by atoms with E-state index in [0.717, 1.165) is 12.8 Å². The number of rotatable bonds is 5. The molecule has 0 aromatic heterocycles. The first-order valence-corrected chi connectivity index (χ1v) is 9.64. The Kier molecular flexibility index (Phi) is 7.23. The van der Waals surface area contributed by atoms with E-state index in [1.165, 1.54) is 18.2 Å². The van der Waals surface area contributed by atoms with Crippen molar-refractivity contribution >= 4 is 29.3 Å². The zero-order valence-corrected chi connectivity index (χ0v) is 17.1. The summed E-state index contributed by atoms with van der Waals surface area (Å²) in [7, 11) is 0. The van der Waals surface area contributed by atoms with Gasteiger partial charge in [-0.3, -0.25) is 14.9 Å². The van der Waals surface area contributed by atoms with Crippen molar-refractivity contribution in [2.24, 2.45) is 5.92 Å². The lowest BCUT2D eigenvalue weighted by Gasteiger charge is -2.34. The molecule has 0 aliphatic carbocycles. The molecule has 1 atom stereocenters. The van der Waals surface area contributed by atoms with Gasteiger partial charge in [-0.2, -0.15) is 0 Å². The van der Waals surface area contributed by atoms with Gasteiger partial charge in [0.1, 0.15) is 5.60 Å². The predicted octanol–water partition coefficient (Wildman–Crippen LogP) is 4.02. The second kappa shape index (κ2) is 9.23. The van der Waals surface area contributed by atoms with E-state index in [0.29, 0.717) is 26.1 Å². The Morgan fingerprint density at radius 1 is 1.39 bits per heavy atom. The fourth-order valence-electron chi connectivity index (χ4n) is 3.08. The molecule has 0 spiro atoms. The summed E-state index contributed by atoms with van der Waals surface area (Å²) in [5.41, 5.74) is -0.639. The van der Waals surface area contributed by atoms with Crippen LogP contribution in [0.4, 0.5) is 10.5 Å². The van der Waals surface area contributed by atoms with Crippen molar-refractivity contribution in [1.29, 1.82) is 0 Å². The molecule has 2 rings (SSSR count).